The van der Waals surface area contributed by atoms with Crippen LogP contribution in [0.1, 0.15) is 33.1 Å². The number of carbonyl (C=O) groups excluding carboxylic acids is 1. The molecule has 0 N–H and O–H groups in total. The number of ketones is 1. The highest BCUT2D eigenvalue weighted by atomic mass is 16.5. The number of carbonyl (C=O) groups is 1. The fourth-order valence-corrected chi connectivity index (χ4v) is 2.71. The van der Waals surface area contributed by atoms with Gasteiger partial charge in [0.1, 0.15) is 23.4 Å². The number of ether oxygens (including phenoxy) is 2. The second kappa shape index (κ2) is 5.01. The molecule has 3 nitrogen and oxygen atoms in total. The minimum Gasteiger partial charge on any atom is -0.497 e. The summed E-state index contributed by atoms with van der Waals surface area (Å²) in [6, 6.07) is 7.54. The molecular weight excluding hydrogens is 228 g/mol. The summed E-state index contributed by atoms with van der Waals surface area (Å²) in [5.74, 6) is 1.88. The third-order valence-electron chi connectivity index (χ3n) is 4.12. The Morgan fingerprint density at radius 1 is 1.28 bits per heavy atom. The lowest BCUT2D eigenvalue weighted by molar-refractivity contribution is -0.153. The van der Waals surface area contributed by atoms with Crippen molar-refractivity contribution in [3.8, 4) is 11.5 Å². The molecule has 1 atom stereocenters. The molecule has 1 aliphatic rings. The van der Waals surface area contributed by atoms with E-state index in [9.17, 15) is 4.79 Å². The van der Waals surface area contributed by atoms with Crippen molar-refractivity contribution in [2.45, 2.75) is 39.2 Å². The molecule has 1 saturated carbocycles. The van der Waals surface area contributed by atoms with E-state index in [-0.39, 0.29) is 11.5 Å². The number of hydrogen-bond donors (Lipinski definition) is 0. The minimum absolute atomic E-state index is 0.00658. The van der Waals surface area contributed by atoms with Gasteiger partial charge in [-0.25, -0.2) is 0 Å². The number of methoxy groups -OCH3 is 1. The second-order valence-corrected chi connectivity index (χ2v) is 4.78. The highest BCUT2D eigenvalue weighted by Gasteiger charge is 2.53. The molecule has 2 rings (SSSR count). The van der Waals surface area contributed by atoms with Crippen LogP contribution in [0.4, 0.5) is 0 Å². The quantitative estimate of drug-likeness (QED) is 0.802. The molecule has 1 unspecified atom stereocenters. The molecule has 3 heteroatoms. The Kier molecular flexibility index (Phi) is 3.60. The Hall–Kier alpha value is -1.51. The van der Waals surface area contributed by atoms with E-state index in [4.69, 9.17) is 9.47 Å². The second-order valence-electron chi connectivity index (χ2n) is 4.78. The molecule has 0 spiro atoms. The molecule has 1 aromatic carbocycles. The average molecular weight is 248 g/mol. The molecule has 0 bridgehead atoms. The van der Waals surface area contributed by atoms with E-state index in [0.29, 0.717) is 12.2 Å². The Bertz CT molecular complexity index is 435. The molecule has 1 aliphatic carbocycles. The summed E-state index contributed by atoms with van der Waals surface area (Å²) in [4.78, 5) is 11.8. The fourth-order valence-electron chi connectivity index (χ4n) is 2.71. The molecule has 0 heterocycles. The molecule has 18 heavy (non-hydrogen) atoms. The van der Waals surface area contributed by atoms with Crippen molar-refractivity contribution in [3.63, 3.8) is 0 Å². The lowest BCUT2D eigenvalue weighted by Crippen LogP contribution is -2.56. The van der Waals surface area contributed by atoms with Crippen LogP contribution in [0.15, 0.2) is 24.3 Å². The first kappa shape index (κ1) is 12.9. The summed E-state index contributed by atoms with van der Waals surface area (Å²) in [7, 11) is 1.63. The summed E-state index contributed by atoms with van der Waals surface area (Å²) in [5.41, 5.74) is -0.275. The van der Waals surface area contributed by atoms with Crippen LogP contribution in [-0.2, 0) is 4.79 Å². The molecule has 98 valence electrons. The molecule has 0 radical (unpaired) electrons. The van der Waals surface area contributed by atoms with Crippen LogP contribution < -0.4 is 9.47 Å². The highest BCUT2D eigenvalue weighted by Crippen LogP contribution is 2.45. The van der Waals surface area contributed by atoms with Gasteiger partial charge in [0.15, 0.2) is 0 Å². The van der Waals surface area contributed by atoms with Crippen molar-refractivity contribution in [1.29, 1.82) is 0 Å². The molecule has 0 aliphatic heterocycles. The first-order valence-electron chi connectivity index (χ1n) is 6.50. The van der Waals surface area contributed by atoms with E-state index in [0.717, 1.165) is 24.3 Å². The van der Waals surface area contributed by atoms with E-state index in [2.05, 4.69) is 13.8 Å². The standard InChI is InChI=1S/C15H20O3/c1-4-15(5-2)13(16)10-14(15)18-12-8-6-7-11(9-12)17-3/h6-9,14H,4-5,10H2,1-3H3. The van der Waals surface area contributed by atoms with Gasteiger partial charge in [0.25, 0.3) is 0 Å². The predicted octanol–water partition coefficient (Wildman–Crippen LogP) is 3.22. The normalized spacial score (nSPS) is 21.3. The Morgan fingerprint density at radius 2 is 1.94 bits per heavy atom. The highest BCUT2D eigenvalue weighted by molar-refractivity contribution is 5.92. The van der Waals surface area contributed by atoms with E-state index < -0.39 is 0 Å². The van der Waals surface area contributed by atoms with Crippen molar-refractivity contribution >= 4 is 5.78 Å². The minimum atomic E-state index is -0.275. The van der Waals surface area contributed by atoms with Gasteiger partial charge in [-0.05, 0) is 25.0 Å². The van der Waals surface area contributed by atoms with Gasteiger partial charge in [-0.3, -0.25) is 4.79 Å². The van der Waals surface area contributed by atoms with Gasteiger partial charge < -0.3 is 9.47 Å². The molecule has 0 aromatic heterocycles. The van der Waals surface area contributed by atoms with Crippen molar-refractivity contribution in [2.24, 2.45) is 5.41 Å². The Labute approximate surface area is 108 Å². The van der Waals surface area contributed by atoms with E-state index in [1.807, 2.05) is 24.3 Å². The lowest BCUT2D eigenvalue weighted by Gasteiger charge is -2.46. The van der Waals surface area contributed by atoms with Gasteiger partial charge in [-0.15, -0.1) is 0 Å². The smallest absolute Gasteiger partial charge is 0.146 e. The van der Waals surface area contributed by atoms with Crippen molar-refractivity contribution in [2.75, 3.05) is 7.11 Å². The van der Waals surface area contributed by atoms with Crippen LogP contribution >= 0.6 is 0 Å². The maximum atomic E-state index is 11.8. The van der Waals surface area contributed by atoms with Crippen LogP contribution in [0.5, 0.6) is 11.5 Å². The van der Waals surface area contributed by atoms with Gasteiger partial charge >= 0.3 is 0 Å². The van der Waals surface area contributed by atoms with Gasteiger partial charge in [0.05, 0.1) is 12.5 Å². The van der Waals surface area contributed by atoms with Crippen molar-refractivity contribution < 1.29 is 14.3 Å². The summed E-state index contributed by atoms with van der Waals surface area (Å²) >= 11 is 0. The number of benzene rings is 1. The first-order chi connectivity index (χ1) is 8.66. The number of rotatable bonds is 5. The predicted molar refractivity (Wildman–Crippen MR) is 70.0 cm³/mol. The largest absolute Gasteiger partial charge is 0.497 e. The SMILES string of the molecule is CCC1(CC)C(=O)CC1Oc1cccc(OC)c1. The molecular formula is C15H20O3. The van der Waals surface area contributed by atoms with Crippen LogP contribution in [0, 0.1) is 5.41 Å². The molecule has 0 amide bonds. The zero-order valence-electron chi connectivity index (χ0n) is 11.2. The van der Waals surface area contributed by atoms with Crippen LogP contribution in [-0.4, -0.2) is 19.0 Å². The van der Waals surface area contributed by atoms with Gasteiger partial charge in [-0.1, -0.05) is 19.9 Å². The summed E-state index contributed by atoms with van der Waals surface area (Å²) < 4.78 is 11.1. The fraction of sp³-hybridized carbons (Fsp3) is 0.533. The van der Waals surface area contributed by atoms with Crippen molar-refractivity contribution in [3.05, 3.63) is 24.3 Å². The topological polar surface area (TPSA) is 35.5 Å². The monoisotopic (exact) mass is 248 g/mol. The maximum absolute atomic E-state index is 11.8. The van der Waals surface area contributed by atoms with E-state index in [1.54, 1.807) is 7.11 Å². The van der Waals surface area contributed by atoms with Gasteiger partial charge in [0.2, 0.25) is 0 Å². The van der Waals surface area contributed by atoms with E-state index >= 15 is 0 Å². The number of hydrogen-bond acceptors (Lipinski definition) is 3. The third-order valence-corrected chi connectivity index (χ3v) is 4.12. The van der Waals surface area contributed by atoms with Crippen LogP contribution in [0.2, 0.25) is 0 Å². The first-order valence-corrected chi connectivity index (χ1v) is 6.50. The summed E-state index contributed by atoms with van der Waals surface area (Å²) in [6.45, 7) is 4.12. The Morgan fingerprint density at radius 3 is 2.50 bits per heavy atom. The average Bonchev–Trinajstić information content (AvgIpc) is 2.40. The number of Topliss-reactive ketones (excluding diaryl/α,β-unsaturated/α-hetero) is 1. The van der Waals surface area contributed by atoms with Gasteiger partial charge in [0, 0.05) is 12.5 Å². The summed E-state index contributed by atoms with van der Waals surface area (Å²) in [6.07, 6.45) is 2.22. The van der Waals surface area contributed by atoms with E-state index in [1.165, 1.54) is 0 Å². The van der Waals surface area contributed by atoms with Gasteiger partial charge in [-0.2, -0.15) is 0 Å². The van der Waals surface area contributed by atoms with Crippen LogP contribution in [0.3, 0.4) is 0 Å². The lowest BCUT2D eigenvalue weighted by atomic mass is 9.61. The summed E-state index contributed by atoms with van der Waals surface area (Å²) in [5, 5.41) is 0. The third kappa shape index (κ3) is 1.98. The Balaban J connectivity index is 2.12. The van der Waals surface area contributed by atoms with Crippen LogP contribution in [0.25, 0.3) is 0 Å². The molecule has 1 aromatic rings. The molecule has 1 fully saturated rings. The van der Waals surface area contributed by atoms with Crippen molar-refractivity contribution in [1.82, 2.24) is 0 Å². The zero-order valence-corrected chi connectivity index (χ0v) is 11.2. The molecule has 0 saturated heterocycles. The zero-order chi connectivity index (χ0) is 13.2. The maximum Gasteiger partial charge on any atom is 0.146 e.